The molecule has 2 fully saturated rings. The molecule has 1 atom stereocenters. The van der Waals surface area contributed by atoms with Crippen LogP contribution in [-0.2, 0) is 16.0 Å². The van der Waals surface area contributed by atoms with Crippen LogP contribution in [0.5, 0.6) is 0 Å². The lowest BCUT2D eigenvalue weighted by molar-refractivity contribution is -0.123. The minimum atomic E-state index is -0.898. The lowest BCUT2D eigenvalue weighted by Crippen LogP contribution is -2.53. The summed E-state index contributed by atoms with van der Waals surface area (Å²) in [5.41, 5.74) is 0.321. The first-order valence-corrected chi connectivity index (χ1v) is 9.68. The zero-order chi connectivity index (χ0) is 18.2. The zero-order valence-corrected chi connectivity index (χ0v) is 15.5. The molecule has 2 aliphatic rings. The van der Waals surface area contributed by atoms with Gasteiger partial charge < -0.3 is 20.1 Å². The van der Waals surface area contributed by atoms with Crippen molar-refractivity contribution in [3.63, 3.8) is 0 Å². The van der Waals surface area contributed by atoms with Gasteiger partial charge in [-0.2, -0.15) is 0 Å². The fraction of sp³-hybridized carbons (Fsp3) is 0.650. The van der Waals surface area contributed by atoms with Crippen LogP contribution in [0.1, 0.15) is 18.4 Å². The largest absolute Gasteiger partial charge is 0.385 e. The van der Waals surface area contributed by atoms with Crippen LogP contribution in [0.25, 0.3) is 0 Å². The van der Waals surface area contributed by atoms with E-state index in [0.29, 0.717) is 45.9 Å². The Balaban J connectivity index is 1.44. The van der Waals surface area contributed by atoms with Crippen LogP contribution in [-0.4, -0.2) is 85.4 Å². The minimum Gasteiger partial charge on any atom is -0.385 e. The van der Waals surface area contributed by atoms with Gasteiger partial charge in [-0.05, 0) is 37.9 Å². The number of β-amino-alcohol motifs (C(OH)–C–C–N with tert-alkyl or cyclic N) is 1. The monoisotopic (exact) mass is 361 g/mol. The van der Waals surface area contributed by atoms with Crippen molar-refractivity contribution in [2.75, 3.05) is 59.0 Å². The predicted molar refractivity (Wildman–Crippen MR) is 101 cm³/mol. The van der Waals surface area contributed by atoms with Gasteiger partial charge in [0.15, 0.2) is 0 Å². The number of hydrogen-bond acceptors (Lipinski definition) is 5. The van der Waals surface area contributed by atoms with Crippen molar-refractivity contribution in [1.82, 2.24) is 15.1 Å². The topological polar surface area (TPSA) is 65.0 Å². The first kappa shape index (κ1) is 19.3. The molecule has 0 saturated carbocycles. The highest BCUT2D eigenvalue weighted by Gasteiger charge is 2.35. The molecule has 0 aromatic heterocycles. The molecule has 2 N–H and O–H groups in total. The normalized spacial score (nSPS) is 25.1. The molecule has 1 aromatic carbocycles. The molecule has 6 nitrogen and oxygen atoms in total. The summed E-state index contributed by atoms with van der Waals surface area (Å²) in [4.78, 5) is 16.6. The van der Waals surface area contributed by atoms with E-state index >= 15 is 0 Å². The molecule has 6 heteroatoms. The maximum Gasteiger partial charge on any atom is 0.234 e. The highest BCUT2D eigenvalue weighted by atomic mass is 16.5. The number of ether oxygens (including phenoxy) is 1. The zero-order valence-electron chi connectivity index (χ0n) is 15.5. The summed E-state index contributed by atoms with van der Waals surface area (Å²) in [5.74, 6) is 0.00588. The highest BCUT2D eigenvalue weighted by molar-refractivity contribution is 5.78. The molecule has 0 radical (unpaired) electrons. The molecule has 0 bridgehead atoms. The number of carbonyl (C=O) groups excluding carboxylic acids is 1. The van der Waals surface area contributed by atoms with Crippen molar-refractivity contribution in [3.8, 4) is 0 Å². The van der Waals surface area contributed by atoms with Crippen LogP contribution in [0, 0.1) is 0 Å². The van der Waals surface area contributed by atoms with Crippen molar-refractivity contribution in [3.05, 3.63) is 35.9 Å². The Bertz CT molecular complexity index is 563. The molecule has 1 aromatic rings. The average molecular weight is 361 g/mol. The van der Waals surface area contributed by atoms with Crippen LogP contribution in [0.15, 0.2) is 30.3 Å². The van der Waals surface area contributed by atoms with Gasteiger partial charge in [0.2, 0.25) is 5.91 Å². The van der Waals surface area contributed by atoms with E-state index in [1.807, 2.05) is 23.1 Å². The van der Waals surface area contributed by atoms with E-state index in [9.17, 15) is 9.90 Å². The first-order valence-electron chi connectivity index (χ1n) is 9.68. The Morgan fingerprint density at radius 3 is 2.69 bits per heavy atom. The molecule has 3 rings (SSSR count). The maximum atomic E-state index is 12.3. The molecule has 1 amide bonds. The van der Waals surface area contributed by atoms with E-state index in [2.05, 4.69) is 22.3 Å². The van der Waals surface area contributed by atoms with Gasteiger partial charge in [0.25, 0.3) is 0 Å². The van der Waals surface area contributed by atoms with Gasteiger partial charge in [-0.25, -0.2) is 0 Å². The Morgan fingerprint density at radius 2 is 1.92 bits per heavy atom. The number of benzene rings is 1. The third kappa shape index (κ3) is 6.06. The molecule has 2 saturated heterocycles. The SMILES string of the molecule is O=C(CN1CCOCC(O)(CN2CCCC2)C1)NCCc1ccccc1. The van der Waals surface area contributed by atoms with Gasteiger partial charge in [-0.3, -0.25) is 9.69 Å². The standard InChI is InChI=1S/C20H31N3O3/c24-19(21-9-8-18-6-2-1-3-7-18)14-23-12-13-26-17-20(25,16-23)15-22-10-4-5-11-22/h1-3,6-7,25H,4-5,8-17H2,(H,21,24). The van der Waals surface area contributed by atoms with E-state index < -0.39 is 5.60 Å². The van der Waals surface area contributed by atoms with E-state index in [1.54, 1.807) is 0 Å². The van der Waals surface area contributed by atoms with Crippen LogP contribution in [0.3, 0.4) is 0 Å². The van der Waals surface area contributed by atoms with Gasteiger partial charge in [0, 0.05) is 26.2 Å². The van der Waals surface area contributed by atoms with Gasteiger partial charge in [0.1, 0.15) is 5.60 Å². The molecule has 1 unspecified atom stereocenters. The summed E-state index contributed by atoms with van der Waals surface area (Å²) in [7, 11) is 0. The molecule has 0 spiro atoms. The highest BCUT2D eigenvalue weighted by Crippen LogP contribution is 2.17. The molecular weight excluding hydrogens is 330 g/mol. The molecule has 26 heavy (non-hydrogen) atoms. The van der Waals surface area contributed by atoms with E-state index in [4.69, 9.17) is 4.74 Å². The molecule has 144 valence electrons. The summed E-state index contributed by atoms with van der Waals surface area (Å²) in [6.45, 7) is 5.70. The Kier molecular flexibility index (Phi) is 7.02. The van der Waals surface area contributed by atoms with Crippen LogP contribution in [0.2, 0.25) is 0 Å². The van der Waals surface area contributed by atoms with Crippen LogP contribution in [0.4, 0.5) is 0 Å². The number of nitrogens with one attached hydrogen (secondary N) is 1. The Morgan fingerprint density at radius 1 is 1.15 bits per heavy atom. The second-order valence-electron chi connectivity index (χ2n) is 7.56. The number of nitrogens with zero attached hydrogens (tertiary/aromatic N) is 2. The third-order valence-electron chi connectivity index (χ3n) is 5.10. The van der Waals surface area contributed by atoms with Crippen molar-refractivity contribution in [1.29, 1.82) is 0 Å². The average Bonchev–Trinajstić information content (AvgIpc) is 3.05. The summed E-state index contributed by atoms with van der Waals surface area (Å²) >= 11 is 0. The third-order valence-corrected chi connectivity index (χ3v) is 5.10. The van der Waals surface area contributed by atoms with E-state index in [1.165, 1.54) is 18.4 Å². The van der Waals surface area contributed by atoms with Crippen LogP contribution >= 0.6 is 0 Å². The number of rotatable bonds is 7. The van der Waals surface area contributed by atoms with Crippen molar-refractivity contribution >= 4 is 5.91 Å². The molecule has 2 heterocycles. The van der Waals surface area contributed by atoms with Gasteiger partial charge in [0.05, 0.1) is 19.8 Å². The summed E-state index contributed by atoms with van der Waals surface area (Å²) in [6, 6.07) is 10.1. The van der Waals surface area contributed by atoms with Gasteiger partial charge >= 0.3 is 0 Å². The second kappa shape index (κ2) is 9.46. The summed E-state index contributed by atoms with van der Waals surface area (Å²) in [5, 5.41) is 14.0. The first-order chi connectivity index (χ1) is 12.6. The predicted octanol–water partition coefficient (Wildman–Crippen LogP) is 0.504. The Hall–Kier alpha value is -1.47. The van der Waals surface area contributed by atoms with E-state index in [0.717, 1.165) is 19.5 Å². The maximum absolute atomic E-state index is 12.3. The lowest BCUT2D eigenvalue weighted by Gasteiger charge is -2.33. The van der Waals surface area contributed by atoms with Crippen molar-refractivity contribution in [2.24, 2.45) is 0 Å². The second-order valence-corrected chi connectivity index (χ2v) is 7.56. The molecule has 2 aliphatic heterocycles. The smallest absolute Gasteiger partial charge is 0.234 e. The van der Waals surface area contributed by atoms with Gasteiger partial charge in [-0.1, -0.05) is 30.3 Å². The molecule has 0 aliphatic carbocycles. The quantitative estimate of drug-likeness (QED) is 0.741. The lowest BCUT2D eigenvalue weighted by atomic mass is 10.0. The minimum absolute atomic E-state index is 0.00588. The van der Waals surface area contributed by atoms with Crippen LogP contribution < -0.4 is 5.32 Å². The summed E-state index contributed by atoms with van der Waals surface area (Å²) in [6.07, 6.45) is 3.23. The number of aliphatic hydroxyl groups is 1. The fourth-order valence-electron chi connectivity index (χ4n) is 3.83. The van der Waals surface area contributed by atoms with Crippen molar-refractivity contribution < 1.29 is 14.6 Å². The fourth-order valence-corrected chi connectivity index (χ4v) is 3.83. The van der Waals surface area contributed by atoms with Crippen molar-refractivity contribution in [2.45, 2.75) is 24.9 Å². The summed E-state index contributed by atoms with van der Waals surface area (Å²) < 4.78 is 5.62. The van der Waals surface area contributed by atoms with Gasteiger partial charge in [-0.15, -0.1) is 0 Å². The number of carbonyl (C=O) groups is 1. The van der Waals surface area contributed by atoms with E-state index in [-0.39, 0.29) is 5.91 Å². The number of likely N-dealkylation sites (tertiary alicyclic amines) is 1. The Labute approximate surface area is 156 Å². The number of amides is 1. The molecular formula is C20H31N3O3. The number of hydrogen-bond donors (Lipinski definition) is 2.